The van der Waals surface area contributed by atoms with Crippen LogP contribution in [0.5, 0.6) is 17.4 Å². The summed E-state index contributed by atoms with van der Waals surface area (Å²) in [6.07, 6.45) is 2.08. The van der Waals surface area contributed by atoms with Gasteiger partial charge in [0, 0.05) is 12.1 Å². The van der Waals surface area contributed by atoms with Crippen molar-refractivity contribution < 1.29 is 14.6 Å². The Morgan fingerprint density at radius 2 is 2.00 bits per heavy atom. The molecule has 146 valence electrons. The molecule has 1 saturated heterocycles. The molecule has 0 spiro atoms. The molecule has 0 saturated carbocycles. The second-order valence-corrected chi connectivity index (χ2v) is 6.92. The Morgan fingerprint density at radius 1 is 1.22 bits per heavy atom. The molecule has 2 atom stereocenters. The molecule has 1 aromatic carbocycles. The van der Waals surface area contributed by atoms with Gasteiger partial charge in [-0.1, -0.05) is 6.92 Å². The molecule has 1 aliphatic heterocycles. The quantitative estimate of drug-likeness (QED) is 0.733. The lowest BCUT2D eigenvalue weighted by Gasteiger charge is -2.37. The van der Waals surface area contributed by atoms with Crippen molar-refractivity contribution in [2.75, 3.05) is 27.3 Å². The van der Waals surface area contributed by atoms with Crippen LogP contribution in [0.1, 0.15) is 36.9 Å². The Bertz CT molecular complexity index is 920. The molecule has 8 heteroatoms. The van der Waals surface area contributed by atoms with Crippen molar-refractivity contribution >= 4 is 0 Å². The maximum Gasteiger partial charge on any atom is 0.328 e. The van der Waals surface area contributed by atoms with Crippen LogP contribution in [0.2, 0.25) is 0 Å². The zero-order valence-corrected chi connectivity index (χ0v) is 15.7. The van der Waals surface area contributed by atoms with Crippen molar-refractivity contribution in [1.82, 2.24) is 14.9 Å². The number of nitrogens with zero attached hydrogens (tertiary/aromatic N) is 1. The Balaban J connectivity index is 2.23. The number of benzene rings is 1. The molecule has 1 aromatic heterocycles. The summed E-state index contributed by atoms with van der Waals surface area (Å²) < 4.78 is 10.9. The highest BCUT2D eigenvalue weighted by Gasteiger charge is 2.33. The Labute approximate surface area is 156 Å². The van der Waals surface area contributed by atoms with Gasteiger partial charge in [0.1, 0.15) is 11.5 Å². The van der Waals surface area contributed by atoms with Gasteiger partial charge < -0.3 is 14.6 Å². The third-order valence-electron chi connectivity index (χ3n) is 5.02. The number of ether oxygens (including phenoxy) is 2. The van der Waals surface area contributed by atoms with Crippen LogP contribution < -0.4 is 20.7 Å². The minimum Gasteiger partial charge on any atom is -0.497 e. The van der Waals surface area contributed by atoms with Gasteiger partial charge in [-0.2, -0.15) is 0 Å². The minimum absolute atomic E-state index is 0.0928. The van der Waals surface area contributed by atoms with E-state index in [1.807, 2.05) is 0 Å². The van der Waals surface area contributed by atoms with E-state index >= 15 is 0 Å². The number of aromatic amines is 2. The fourth-order valence-electron chi connectivity index (χ4n) is 3.79. The third-order valence-corrected chi connectivity index (χ3v) is 5.02. The van der Waals surface area contributed by atoms with Crippen LogP contribution in [0.3, 0.4) is 0 Å². The Hall–Kier alpha value is -2.74. The van der Waals surface area contributed by atoms with Crippen molar-refractivity contribution in [3.05, 3.63) is 50.2 Å². The number of nitrogens with one attached hydrogen (secondary N) is 2. The average molecular weight is 375 g/mol. The smallest absolute Gasteiger partial charge is 0.328 e. The van der Waals surface area contributed by atoms with Crippen molar-refractivity contribution in [1.29, 1.82) is 0 Å². The summed E-state index contributed by atoms with van der Waals surface area (Å²) in [6, 6.07) is 4.76. The van der Waals surface area contributed by atoms with E-state index in [0.717, 1.165) is 25.9 Å². The Morgan fingerprint density at radius 3 is 2.63 bits per heavy atom. The largest absolute Gasteiger partial charge is 0.497 e. The molecule has 1 aliphatic rings. The fraction of sp³-hybridized carbons (Fsp3) is 0.474. The molecular formula is C19H25N3O5. The number of H-pyrrole nitrogens is 2. The van der Waals surface area contributed by atoms with E-state index in [9.17, 15) is 14.7 Å². The highest BCUT2D eigenvalue weighted by molar-refractivity contribution is 5.47. The molecule has 8 nitrogen and oxygen atoms in total. The van der Waals surface area contributed by atoms with Gasteiger partial charge in [0.15, 0.2) is 0 Å². The van der Waals surface area contributed by atoms with Crippen LogP contribution in [0.25, 0.3) is 0 Å². The van der Waals surface area contributed by atoms with E-state index in [4.69, 9.17) is 9.47 Å². The monoisotopic (exact) mass is 375 g/mol. The highest BCUT2D eigenvalue weighted by Crippen LogP contribution is 2.39. The normalized spacial score (nSPS) is 18.9. The minimum atomic E-state index is -0.746. The average Bonchev–Trinajstić information content (AvgIpc) is 2.64. The van der Waals surface area contributed by atoms with E-state index in [1.165, 1.54) is 0 Å². The van der Waals surface area contributed by atoms with Crippen LogP contribution in [-0.2, 0) is 0 Å². The number of likely N-dealkylation sites (tertiary alicyclic amines) is 1. The molecule has 1 fully saturated rings. The second kappa shape index (κ2) is 7.87. The lowest BCUT2D eigenvalue weighted by molar-refractivity contribution is 0.144. The van der Waals surface area contributed by atoms with Gasteiger partial charge in [0.05, 0.1) is 25.8 Å². The first-order valence-electron chi connectivity index (χ1n) is 8.96. The van der Waals surface area contributed by atoms with E-state index in [2.05, 4.69) is 21.8 Å². The van der Waals surface area contributed by atoms with Crippen LogP contribution in [0, 0.1) is 5.92 Å². The van der Waals surface area contributed by atoms with Crippen LogP contribution in [-0.4, -0.2) is 47.3 Å². The molecule has 3 rings (SSSR count). The number of hydrogen-bond donors (Lipinski definition) is 3. The summed E-state index contributed by atoms with van der Waals surface area (Å²) >= 11 is 0. The standard InChI is InChI=1S/C19H25N3O5/c1-11-5-4-8-22(10-11)16(15-17(23)20-19(25)21-18(15)24)13-9-12(26-2)6-7-14(13)27-3/h6-7,9,11,16H,4-5,8,10H2,1-3H3,(H3,20,21,23,24,25). The molecule has 0 bridgehead atoms. The first-order valence-corrected chi connectivity index (χ1v) is 8.96. The van der Waals surface area contributed by atoms with E-state index < -0.39 is 23.2 Å². The molecule has 0 aliphatic carbocycles. The number of methoxy groups -OCH3 is 2. The zero-order chi connectivity index (χ0) is 19.6. The van der Waals surface area contributed by atoms with E-state index in [-0.39, 0.29) is 5.56 Å². The summed E-state index contributed by atoms with van der Waals surface area (Å²) in [4.78, 5) is 30.8. The van der Waals surface area contributed by atoms with Gasteiger partial charge >= 0.3 is 5.69 Å². The van der Waals surface area contributed by atoms with Crippen LogP contribution in [0.4, 0.5) is 0 Å². The fourth-order valence-corrected chi connectivity index (χ4v) is 3.79. The summed E-state index contributed by atoms with van der Waals surface area (Å²) in [5.41, 5.74) is -0.581. The van der Waals surface area contributed by atoms with Crippen molar-refractivity contribution in [3.63, 3.8) is 0 Å². The molecule has 3 N–H and O–H groups in total. The second-order valence-electron chi connectivity index (χ2n) is 6.92. The van der Waals surface area contributed by atoms with Gasteiger partial charge in [-0.3, -0.25) is 19.7 Å². The van der Waals surface area contributed by atoms with Gasteiger partial charge in [0.2, 0.25) is 5.88 Å². The zero-order valence-electron chi connectivity index (χ0n) is 15.7. The van der Waals surface area contributed by atoms with Crippen molar-refractivity contribution in [2.24, 2.45) is 5.92 Å². The molecule has 0 amide bonds. The SMILES string of the molecule is COc1ccc(OC)c(C(c2c(O)[nH]c(=O)[nH]c2=O)N2CCCC(C)C2)c1. The predicted molar refractivity (Wildman–Crippen MR) is 101 cm³/mol. The summed E-state index contributed by atoms with van der Waals surface area (Å²) in [5, 5.41) is 10.4. The first-order chi connectivity index (χ1) is 12.9. The van der Waals surface area contributed by atoms with Crippen LogP contribution in [0.15, 0.2) is 27.8 Å². The maximum atomic E-state index is 12.6. The molecule has 2 heterocycles. The van der Waals surface area contributed by atoms with Gasteiger partial charge in [-0.05, 0) is 43.5 Å². The lowest BCUT2D eigenvalue weighted by Crippen LogP contribution is -2.41. The first kappa shape index (κ1) is 19.0. The highest BCUT2D eigenvalue weighted by atomic mass is 16.5. The predicted octanol–water partition coefficient (Wildman–Crippen LogP) is 1.61. The van der Waals surface area contributed by atoms with Gasteiger partial charge in [-0.15, -0.1) is 0 Å². The number of rotatable bonds is 5. The number of aromatic hydroxyl groups is 1. The third kappa shape index (κ3) is 3.85. The van der Waals surface area contributed by atoms with E-state index in [0.29, 0.717) is 23.0 Å². The molecule has 27 heavy (non-hydrogen) atoms. The van der Waals surface area contributed by atoms with Crippen LogP contribution >= 0.6 is 0 Å². The lowest BCUT2D eigenvalue weighted by atomic mass is 9.92. The van der Waals surface area contributed by atoms with Crippen molar-refractivity contribution in [2.45, 2.75) is 25.8 Å². The van der Waals surface area contributed by atoms with Crippen molar-refractivity contribution in [3.8, 4) is 17.4 Å². The summed E-state index contributed by atoms with van der Waals surface area (Å²) in [6.45, 7) is 3.67. The maximum absolute atomic E-state index is 12.6. The molecular weight excluding hydrogens is 350 g/mol. The Kier molecular flexibility index (Phi) is 5.55. The molecule has 2 aromatic rings. The topological polar surface area (TPSA) is 108 Å². The molecule has 2 unspecified atom stereocenters. The number of aromatic nitrogens is 2. The van der Waals surface area contributed by atoms with Gasteiger partial charge in [-0.25, -0.2) is 4.79 Å². The van der Waals surface area contributed by atoms with E-state index in [1.54, 1.807) is 32.4 Å². The van der Waals surface area contributed by atoms with Gasteiger partial charge in [0.25, 0.3) is 5.56 Å². The number of piperidine rings is 1. The molecule has 0 radical (unpaired) electrons. The summed E-state index contributed by atoms with van der Waals surface area (Å²) in [5.74, 6) is 1.20. The summed E-state index contributed by atoms with van der Waals surface area (Å²) in [7, 11) is 3.12. The number of hydrogen-bond acceptors (Lipinski definition) is 6.